The van der Waals surface area contributed by atoms with Crippen molar-refractivity contribution in [3.63, 3.8) is 0 Å². The Bertz CT molecular complexity index is 1030. The molecule has 5 nitrogen and oxygen atoms in total. The van der Waals surface area contributed by atoms with Crippen LogP contribution in [0.15, 0.2) is 52.9 Å². The molecule has 0 saturated carbocycles. The average Bonchev–Trinajstić information content (AvgIpc) is 2.73. The first-order valence-electron chi connectivity index (χ1n) is 9.34. The number of fused-ring (bicyclic) bond motifs is 1. The third-order valence-electron chi connectivity index (χ3n) is 5.28. The zero-order chi connectivity index (χ0) is 18.8. The maximum absolute atomic E-state index is 6.25. The van der Waals surface area contributed by atoms with Gasteiger partial charge in [-0.05, 0) is 30.3 Å². The lowest BCUT2D eigenvalue weighted by Crippen LogP contribution is -3.12. The number of benzene rings is 2. The highest BCUT2D eigenvalue weighted by atomic mass is 16.5. The van der Waals surface area contributed by atoms with Crippen LogP contribution in [0, 0.1) is 0 Å². The Morgan fingerprint density at radius 1 is 0.926 bits per heavy atom. The molecule has 3 aromatic rings. The minimum atomic E-state index is 0.697. The van der Waals surface area contributed by atoms with E-state index in [1.54, 1.807) is 19.1 Å². The van der Waals surface area contributed by atoms with E-state index < -0.39 is 0 Å². The zero-order valence-electron chi connectivity index (χ0n) is 16.1. The standard InChI is InChI=1S/C22H25N2O3/c1-23-10-12-24(13-11-23)18-15-21(27-19-7-5-4-6-17(18)19)16-8-9-20(25-2)22(14-16)26-3/h4-9,14-15H,10-13H2,1-3H3/q+1/p+1. The molecule has 0 spiro atoms. The predicted octanol–water partition coefficient (Wildman–Crippen LogP) is 1.42. The summed E-state index contributed by atoms with van der Waals surface area (Å²) in [5, 5.41) is 2.38. The summed E-state index contributed by atoms with van der Waals surface area (Å²) in [6.07, 6.45) is 0. The lowest BCUT2D eigenvalue weighted by molar-refractivity contribution is -0.882. The highest BCUT2D eigenvalue weighted by Crippen LogP contribution is 2.32. The summed E-state index contributed by atoms with van der Waals surface area (Å²) in [5.41, 5.74) is 1.87. The van der Waals surface area contributed by atoms with Gasteiger partial charge in [0.2, 0.25) is 5.36 Å². The SMILES string of the molecule is COc1ccc(-c2cc(=[N+]3CC[NH+](C)CC3)c3ccccc3o2)cc1OC. The molecule has 1 aromatic heterocycles. The second-order valence-corrected chi connectivity index (χ2v) is 7.01. The Morgan fingerprint density at radius 2 is 1.67 bits per heavy atom. The van der Waals surface area contributed by atoms with Gasteiger partial charge in [0.15, 0.2) is 24.6 Å². The number of nitrogens with one attached hydrogen (secondary N) is 1. The minimum absolute atomic E-state index is 0.697. The van der Waals surface area contributed by atoms with E-state index in [1.165, 1.54) is 5.36 Å². The molecule has 0 unspecified atom stereocenters. The molecule has 1 saturated heterocycles. The highest BCUT2D eigenvalue weighted by Gasteiger charge is 2.21. The van der Waals surface area contributed by atoms with Crippen molar-refractivity contribution in [1.82, 2.24) is 4.58 Å². The summed E-state index contributed by atoms with van der Waals surface area (Å²) < 4.78 is 19.5. The number of nitrogens with zero attached hydrogens (tertiary/aromatic N) is 1. The van der Waals surface area contributed by atoms with E-state index in [-0.39, 0.29) is 0 Å². The number of hydrogen-bond acceptors (Lipinski definition) is 3. The van der Waals surface area contributed by atoms with Gasteiger partial charge in [-0.1, -0.05) is 12.1 Å². The van der Waals surface area contributed by atoms with Crippen LogP contribution in [0.5, 0.6) is 11.5 Å². The number of rotatable bonds is 3. The third-order valence-corrected chi connectivity index (χ3v) is 5.28. The molecule has 1 aliphatic heterocycles. The van der Waals surface area contributed by atoms with Gasteiger partial charge in [-0.2, -0.15) is 0 Å². The molecule has 0 atom stereocenters. The summed E-state index contributed by atoms with van der Waals surface area (Å²) in [6, 6.07) is 16.3. The third kappa shape index (κ3) is 3.43. The monoisotopic (exact) mass is 366 g/mol. The van der Waals surface area contributed by atoms with Gasteiger partial charge in [0, 0.05) is 5.56 Å². The van der Waals surface area contributed by atoms with Crippen molar-refractivity contribution in [1.29, 1.82) is 0 Å². The first-order chi connectivity index (χ1) is 13.2. The molecule has 0 amide bonds. The van der Waals surface area contributed by atoms with Gasteiger partial charge < -0.3 is 18.8 Å². The number of methoxy groups -OCH3 is 2. The number of likely N-dealkylation sites (N-methyl/N-ethyl adjacent to an activating group) is 1. The number of quaternary nitrogens is 1. The molecule has 2 heterocycles. The largest absolute Gasteiger partial charge is 0.493 e. The molecule has 0 bridgehead atoms. The maximum Gasteiger partial charge on any atom is 0.215 e. The van der Waals surface area contributed by atoms with Crippen molar-refractivity contribution >= 4 is 11.0 Å². The lowest BCUT2D eigenvalue weighted by Gasteiger charge is -2.18. The highest BCUT2D eigenvalue weighted by molar-refractivity contribution is 5.78. The molecular weight excluding hydrogens is 340 g/mol. The fourth-order valence-corrected chi connectivity index (χ4v) is 3.64. The molecule has 1 fully saturated rings. The molecule has 2 aromatic carbocycles. The Labute approximate surface area is 159 Å². The normalized spacial score (nSPS) is 17.1. The molecule has 27 heavy (non-hydrogen) atoms. The van der Waals surface area contributed by atoms with Gasteiger partial charge in [0.25, 0.3) is 0 Å². The Balaban J connectivity index is 1.92. The summed E-state index contributed by atoms with van der Waals surface area (Å²) in [7, 11) is 5.55. The van der Waals surface area contributed by atoms with Crippen molar-refractivity contribution in [3.8, 4) is 22.8 Å². The molecular formula is C22H26N2O3+2. The fourth-order valence-electron chi connectivity index (χ4n) is 3.64. The van der Waals surface area contributed by atoms with Crippen LogP contribution in [0.1, 0.15) is 0 Å². The Hall–Kier alpha value is -2.79. The van der Waals surface area contributed by atoms with Crippen LogP contribution in [-0.4, -0.2) is 47.4 Å². The summed E-state index contributed by atoms with van der Waals surface area (Å²) in [6.45, 7) is 4.38. The molecule has 140 valence electrons. The quantitative estimate of drug-likeness (QED) is 0.713. The molecule has 1 aliphatic rings. The molecule has 0 radical (unpaired) electrons. The first-order valence-corrected chi connectivity index (χ1v) is 9.34. The lowest BCUT2D eigenvalue weighted by atomic mass is 10.1. The molecule has 5 heteroatoms. The topological polar surface area (TPSA) is 39.0 Å². The number of para-hydroxylation sites is 1. The van der Waals surface area contributed by atoms with Crippen LogP contribution in [0.4, 0.5) is 0 Å². The molecule has 4 rings (SSSR count). The first kappa shape index (κ1) is 17.6. The minimum Gasteiger partial charge on any atom is -0.493 e. The Kier molecular flexibility index (Phi) is 4.86. The van der Waals surface area contributed by atoms with E-state index in [9.17, 15) is 0 Å². The maximum atomic E-state index is 6.25. The van der Waals surface area contributed by atoms with Crippen LogP contribution in [0.25, 0.3) is 22.3 Å². The van der Waals surface area contributed by atoms with E-state index >= 15 is 0 Å². The van der Waals surface area contributed by atoms with E-state index in [0.717, 1.165) is 48.5 Å². The second-order valence-electron chi connectivity index (χ2n) is 7.01. The summed E-state index contributed by atoms with van der Waals surface area (Å²) in [4.78, 5) is 1.58. The number of ether oxygens (including phenoxy) is 2. The predicted molar refractivity (Wildman–Crippen MR) is 106 cm³/mol. The van der Waals surface area contributed by atoms with Crippen LogP contribution >= 0.6 is 0 Å². The van der Waals surface area contributed by atoms with Crippen molar-refractivity contribution in [3.05, 3.63) is 53.9 Å². The van der Waals surface area contributed by atoms with Crippen molar-refractivity contribution in [2.75, 3.05) is 47.4 Å². The van der Waals surface area contributed by atoms with Gasteiger partial charge in [0.05, 0.1) is 32.7 Å². The molecule has 1 N–H and O–H groups in total. The van der Waals surface area contributed by atoms with Crippen LogP contribution in [-0.2, 0) is 0 Å². The van der Waals surface area contributed by atoms with Gasteiger partial charge >= 0.3 is 0 Å². The smallest absolute Gasteiger partial charge is 0.215 e. The van der Waals surface area contributed by atoms with Crippen LogP contribution in [0.2, 0.25) is 0 Å². The Morgan fingerprint density at radius 3 is 2.41 bits per heavy atom. The zero-order valence-corrected chi connectivity index (χ0v) is 16.1. The van der Waals surface area contributed by atoms with Crippen molar-refractivity contribution < 1.29 is 18.8 Å². The summed E-state index contributed by atoms with van der Waals surface area (Å²) in [5.74, 6) is 2.24. The van der Waals surface area contributed by atoms with Gasteiger partial charge in [-0.3, -0.25) is 0 Å². The second kappa shape index (κ2) is 7.45. The van der Waals surface area contributed by atoms with Crippen LogP contribution < -0.4 is 24.3 Å². The van der Waals surface area contributed by atoms with Gasteiger partial charge in [-0.15, -0.1) is 0 Å². The van der Waals surface area contributed by atoms with E-state index in [4.69, 9.17) is 13.9 Å². The van der Waals surface area contributed by atoms with E-state index in [2.05, 4.69) is 29.8 Å². The van der Waals surface area contributed by atoms with Crippen molar-refractivity contribution in [2.45, 2.75) is 0 Å². The van der Waals surface area contributed by atoms with E-state index in [1.807, 2.05) is 30.3 Å². The van der Waals surface area contributed by atoms with Gasteiger partial charge in [-0.25, -0.2) is 4.58 Å². The van der Waals surface area contributed by atoms with Gasteiger partial charge in [0.1, 0.15) is 24.4 Å². The van der Waals surface area contributed by atoms with Crippen LogP contribution in [0.3, 0.4) is 0 Å². The summed E-state index contributed by atoms with van der Waals surface area (Å²) >= 11 is 0. The number of hydrogen-bond donors (Lipinski definition) is 1. The number of piperazine rings is 1. The molecule has 0 aliphatic carbocycles. The van der Waals surface area contributed by atoms with E-state index in [0.29, 0.717) is 11.5 Å². The fraction of sp³-hybridized carbons (Fsp3) is 0.318. The van der Waals surface area contributed by atoms with Crippen molar-refractivity contribution in [2.24, 2.45) is 0 Å². The average molecular weight is 366 g/mol.